The van der Waals surface area contributed by atoms with E-state index in [-0.39, 0.29) is 18.6 Å². The van der Waals surface area contributed by atoms with Crippen LogP contribution < -0.4 is 10.1 Å². The molecule has 0 bridgehead atoms. The second-order valence-corrected chi connectivity index (χ2v) is 7.77. The van der Waals surface area contributed by atoms with Crippen LogP contribution in [0.15, 0.2) is 42.5 Å². The standard InChI is InChI=1S/C23H27F3N2O2/c1-16(27-17(2)29)19-5-3-18(4-6-19)14-28-11-9-20-13-22(8-7-21(20)15-28)30-12-10-23(24,25)26/h3-8,13,16H,9-12,14-15H2,1-2H3,(H,27,29). The number of carbonyl (C=O) groups excluding carboxylic acids is 1. The van der Waals surface area contributed by atoms with Crippen LogP contribution in [0.4, 0.5) is 13.2 Å². The van der Waals surface area contributed by atoms with Crippen LogP contribution in [0.2, 0.25) is 0 Å². The van der Waals surface area contributed by atoms with Crippen molar-refractivity contribution in [3.8, 4) is 5.75 Å². The SMILES string of the molecule is CC(=O)NC(C)c1ccc(CN2CCc3cc(OCCC(F)(F)F)ccc3C2)cc1. The number of ether oxygens (including phenoxy) is 1. The Labute approximate surface area is 175 Å². The van der Waals surface area contributed by atoms with Crippen molar-refractivity contribution < 1.29 is 22.7 Å². The number of nitrogens with zero attached hydrogens (tertiary/aromatic N) is 1. The number of halogens is 3. The Hall–Kier alpha value is -2.54. The molecule has 0 fully saturated rings. The molecule has 4 nitrogen and oxygen atoms in total. The number of alkyl halides is 3. The van der Waals surface area contributed by atoms with Crippen LogP contribution in [0.1, 0.15) is 48.6 Å². The van der Waals surface area contributed by atoms with E-state index in [1.807, 2.05) is 31.2 Å². The largest absolute Gasteiger partial charge is 0.493 e. The number of amides is 1. The molecule has 30 heavy (non-hydrogen) atoms. The first-order valence-corrected chi connectivity index (χ1v) is 10.1. The van der Waals surface area contributed by atoms with Crippen molar-refractivity contribution in [1.29, 1.82) is 0 Å². The van der Waals surface area contributed by atoms with Crippen LogP contribution in [-0.2, 0) is 24.3 Å². The van der Waals surface area contributed by atoms with Crippen LogP contribution in [0.25, 0.3) is 0 Å². The molecule has 1 aliphatic rings. The summed E-state index contributed by atoms with van der Waals surface area (Å²) in [6, 6.07) is 13.8. The Morgan fingerprint density at radius 1 is 1.17 bits per heavy atom. The topological polar surface area (TPSA) is 41.6 Å². The molecule has 0 spiro atoms. The lowest BCUT2D eigenvalue weighted by Gasteiger charge is -2.29. The average Bonchev–Trinajstić information content (AvgIpc) is 2.67. The van der Waals surface area contributed by atoms with E-state index in [1.54, 1.807) is 6.07 Å². The van der Waals surface area contributed by atoms with Gasteiger partial charge in [-0.05, 0) is 47.7 Å². The zero-order chi connectivity index (χ0) is 21.7. The van der Waals surface area contributed by atoms with Crippen molar-refractivity contribution in [3.63, 3.8) is 0 Å². The summed E-state index contributed by atoms with van der Waals surface area (Å²) in [4.78, 5) is 13.5. The molecule has 7 heteroatoms. The molecular weight excluding hydrogens is 393 g/mol. The molecule has 1 N–H and O–H groups in total. The van der Waals surface area contributed by atoms with Crippen molar-refractivity contribution in [2.24, 2.45) is 0 Å². The maximum Gasteiger partial charge on any atom is 0.392 e. The van der Waals surface area contributed by atoms with Gasteiger partial charge < -0.3 is 10.1 Å². The number of hydrogen-bond acceptors (Lipinski definition) is 3. The maximum atomic E-state index is 12.3. The van der Waals surface area contributed by atoms with Crippen molar-refractivity contribution >= 4 is 5.91 Å². The van der Waals surface area contributed by atoms with E-state index in [0.29, 0.717) is 5.75 Å². The van der Waals surface area contributed by atoms with E-state index < -0.39 is 12.6 Å². The predicted octanol–water partition coefficient (Wildman–Crippen LogP) is 4.77. The smallest absolute Gasteiger partial charge is 0.392 e. The Balaban J connectivity index is 1.54. The fraction of sp³-hybridized carbons (Fsp3) is 0.435. The lowest BCUT2D eigenvalue weighted by molar-refractivity contribution is -0.139. The molecule has 1 amide bonds. The fourth-order valence-electron chi connectivity index (χ4n) is 3.66. The molecular formula is C23H27F3N2O2. The molecule has 0 radical (unpaired) electrons. The molecule has 1 atom stereocenters. The van der Waals surface area contributed by atoms with Crippen molar-refractivity contribution in [1.82, 2.24) is 10.2 Å². The van der Waals surface area contributed by atoms with Crippen LogP contribution in [0.5, 0.6) is 5.75 Å². The van der Waals surface area contributed by atoms with Gasteiger partial charge in [-0.25, -0.2) is 0 Å². The normalized spacial score (nSPS) is 15.4. The number of benzene rings is 2. The summed E-state index contributed by atoms with van der Waals surface area (Å²) >= 11 is 0. The van der Waals surface area contributed by atoms with Crippen LogP contribution in [-0.4, -0.2) is 30.1 Å². The van der Waals surface area contributed by atoms with Crippen LogP contribution in [0.3, 0.4) is 0 Å². The van der Waals surface area contributed by atoms with Gasteiger partial charge in [0.25, 0.3) is 0 Å². The molecule has 1 aliphatic heterocycles. The lowest BCUT2D eigenvalue weighted by Crippen LogP contribution is -2.30. The van der Waals surface area contributed by atoms with Gasteiger partial charge in [0.05, 0.1) is 19.1 Å². The van der Waals surface area contributed by atoms with E-state index >= 15 is 0 Å². The predicted molar refractivity (Wildman–Crippen MR) is 109 cm³/mol. The van der Waals surface area contributed by atoms with Crippen molar-refractivity contribution in [3.05, 3.63) is 64.7 Å². The van der Waals surface area contributed by atoms with Gasteiger partial charge in [-0.2, -0.15) is 13.2 Å². The molecule has 3 rings (SSSR count). The summed E-state index contributed by atoms with van der Waals surface area (Å²) in [6.07, 6.45) is -4.31. The average molecular weight is 420 g/mol. The summed E-state index contributed by atoms with van der Waals surface area (Å²) in [7, 11) is 0. The highest BCUT2D eigenvalue weighted by Gasteiger charge is 2.27. The van der Waals surface area contributed by atoms with Gasteiger partial charge in [-0.3, -0.25) is 9.69 Å². The Morgan fingerprint density at radius 2 is 1.90 bits per heavy atom. The van der Waals surface area contributed by atoms with E-state index in [2.05, 4.69) is 22.3 Å². The second-order valence-electron chi connectivity index (χ2n) is 7.77. The minimum atomic E-state index is -4.20. The zero-order valence-corrected chi connectivity index (χ0v) is 17.3. The first-order valence-electron chi connectivity index (χ1n) is 10.1. The molecule has 1 heterocycles. The first-order chi connectivity index (χ1) is 14.2. The van der Waals surface area contributed by atoms with Gasteiger partial charge in [0.1, 0.15) is 5.75 Å². The van der Waals surface area contributed by atoms with E-state index in [0.717, 1.165) is 37.2 Å². The summed E-state index contributed by atoms with van der Waals surface area (Å²) in [5.41, 5.74) is 4.58. The second kappa shape index (κ2) is 9.51. The van der Waals surface area contributed by atoms with Gasteiger partial charge in [0.15, 0.2) is 0 Å². The molecule has 0 saturated carbocycles. The van der Waals surface area contributed by atoms with E-state index in [9.17, 15) is 18.0 Å². The van der Waals surface area contributed by atoms with Gasteiger partial charge in [-0.1, -0.05) is 30.3 Å². The summed E-state index contributed by atoms with van der Waals surface area (Å²) in [5, 5.41) is 2.88. The molecule has 2 aromatic rings. The third kappa shape index (κ3) is 6.49. The molecule has 1 unspecified atom stereocenters. The number of nitrogens with one attached hydrogen (secondary N) is 1. The van der Waals surface area contributed by atoms with Gasteiger partial charge >= 0.3 is 6.18 Å². The van der Waals surface area contributed by atoms with Gasteiger partial charge in [0.2, 0.25) is 5.91 Å². The quantitative estimate of drug-likeness (QED) is 0.701. The fourth-order valence-corrected chi connectivity index (χ4v) is 3.66. The zero-order valence-electron chi connectivity index (χ0n) is 17.3. The maximum absolute atomic E-state index is 12.3. The van der Waals surface area contributed by atoms with Crippen LogP contribution >= 0.6 is 0 Å². The Bertz CT molecular complexity index is 866. The van der Waals surface area contributed by atoms with Gasteiger partial charge in [-0.15, -0.1) is 0 Å². The number of rotatable bonds is 7. The lowest BCUT2D eigenvalue weighted by atomic mass is 9.98. The monoisotopic (exact) mass is 420 g/mol. The van der Waals surface area contributed by atoms with E-state index in [4.69, 9.17) is 4.74 Å². The Kier molecular flexibility index (Phi) is 7.02. The van der Waals surface area contributed by atoms with Crippen LogP contribution in [0, 0.1) is 0 Å². The molecule has 0 saturated heterocycles. The summed E-state index contributed by atoms with van der Waals surface area (Å²) in [6.45, 7) is 5.60. The third-order valence-electron chi connectivity index (χ3n) is 5.23. The minimum absolute atomic E-state index is 0.0223. The minimum Gasteiger partial charge on any atom is -0.493 e. The summed E-state index contributed by atoms with van der Waals surface area (Å²) < 4.78 is 42.1. The Morgan fingerprint density at radius 3 is 2.57 bits per heavy atom. The molecule has 0 aromatic heterocycles. The number of hydrogen-bond donors (Lipinski definition) is 1. The highest BCUT2D eigenvalue weighted by molar-refractivity contribution is 5.73. The molecule has 0 aliphatic carbocycles. The van der Waals surface area contributed by atoms with Gasteiger partial charge in [0, 0.05) is 26.6 Å². The number of fused-ring (bicyclic) bond motifs is 1. The molecule has 162 valence electrons. The summed E-state index contributed by atoms with van der Waals surface area (Å²) in [5.74, 6) is 0.447. The van der Waals surface area contributed by atoms with Crippen molar-refractivity contribution in [2.75, 3.05) is 13.2 Å². The molecule has 2 aromatic carbocycles. The third-order valence-corrected chi connectivity index (χ3v) is 5.23. The highest BCUT2D eigenvalue weighted by Crippen LogP contribution is 2.26. The highest BCUT2D eigenvalue weighted by atomic mass is 19.4. The number of carbonyl (C=O) groups is 1. The van der Waals surface area contributed by atoms with E-state index in [1.165, 1.54) is 18.1 Å². The van der Waals surface area contributed by atoms with Crippen molar-refractivity contribution in [2.45, 2.75) is 52.0 Å². The first kappa shape index (κ1) is 22.2.